The predicted octanol–water partition coefficient (Wildman–Crippen LogP) is 0.203. The molecule has 6 saturated heterocycles. The van der Waals surface area contributed by atoms with Crippen LogP contribution in [0, 0.1) is 40.5 Å². The first-order valence-electron chi connectivity index (χ1n) is 19.8. The van der Waals surface area contributed by atoms with Crippen molar-refractivity contribution in [1.82, 2.24) is 4.90 Å². The average Bonchev–Trinajstić information content (AvgIpc) is 4.00. The lowest BCUT2D eigenvalue weighted by molar-refractivity contribution is -0.393. The zero-order valence-corrected chi connectivity index (χ0v) is 33.8. The molecule has 6 fully saturated rings. The van der Waals surface area contributed by atoms with Gasteiger partial charge in [0.15, 0.2) is 30.4 Å². The molecule has 8 rings (SSSR count). The number of hydrogen-bond donors (Lipinski definition) is 6. The minimum atomic E-state index is -1.64. The van der Waals surface area contributed by atoms with Crippen molar-refractivity contribution in [3.63, 3.8) is 0 Å². The van der Waals surface area contributed by atoms with E-state index in [1.54, 1.807) is 27.7 Å². The number of aliphatic hydroxyl groups is 4. The normalized spacial score (nSPS) is 35.8. The van der Waals surface area contributed by atoms with Gasteiger partial charge in [0.1, 0.15) is 54.1 Å². The highest BCUT2D eigenvalue weighted by Crippen LogP contribution is 2.44. The number of fused-ring (bicyclic) bond motifs is 4. The Balaban J connectivity index is 1.10. The Morgan fingerprint density at radius 1 is 0.667 bits per heavy atom. The Hall–Kier alpha value is -4.88. The van der Waals surface area contributed by atoms with E-state index < -0.39 is 159 Å². The number of anilines is 2. The van der Waals surface area contributed by atoms with Gasteiger partial charge in [-0.15, -0.1) is 0 Å². The maximum absolute atomic E-state index is 12.1. The Morgan fingerprint density at radius 2 is 1.11 bits per heavy atom. The van der Waals surface area contributed by atoms with Crippen molar-refractivity contribution in [3.05, 3.63) is 76.9 Å². The molecule has 2 bridgehead atoms. The molecule has 15 atom stereocenters. The minimum absolute atomic E-state index is 0.0997. The van der Waals surface area contributed by atoms with E-state index in [2.05, 4.69) is 10.6 Å². The summed E-state index contributed by atoms with van der Waals surface area (Å²) in [4.78, 5) is 45.2. The third-order valence-electron chi connectivity index (χ3n) is 11.7. The second-order valence-corrected chi connectivity index (χ2v) is 16.8. The second-order valence-electron chi connectivity index (χ2n) is 16.8. The summed E-state index contributed by atoms with van der Waals surface area (Å²) >= 11 is 0. The second kappa shape index (κ2) is 16.6. The third-order valence-corrected chi connectivity index (χ3v) is 11.7. The van der Waals surface area contributed by atoms with Gasteiger partial charge in [0, 0.05) is 25.2 Å². The largest absolute Gasteiger partial charge is 0.389 e. The van der Waals surface area contributed by atoms with Crippen LogP contribution < -0.4 is 10.6 Å². The first-order valence-corrected chi connectivity index (χ1v) is 19.8. The average molecular weight is 896 g/mol. The molecular formula is C36H45N7O20. The summed E-state index contributed by atoms with van der Waals surface area (Å²) in [5.41, 5.74) is -2.77. The molecule has 0 aliphatic carbocycles. The smallest absolute Gasteiger partial charge is 0.299 e. The maximum atomic E-state index is 12.1. The van der Waals surface area contributed by atoms with E-state index >= 15 is 0 Å². The van der Waals surface area contributed by atoms with Gasteiger partial charge in [-0.1, -0.05) is 0 Å². The molecule has 0 aromatic heterocycles. The van der Waals surface area contributed by atoms with Crippen LogP contribution >= 0.6 is 0 Å². The number of nitrogens with one attached hydrogen (secondary N) is 2. The number of benzene rings is 2. The number of hydrogen-bond acceptors (Lipinski definition) is 23. The van der Waals surface area contributed by atoms with Gasteiger partial charge in [-0.2, -0.15) is 0 Å². The van der Waals surface area contributed by atoms with Crippen LogP contribution in [-0.2, 0) is 37.9 Å². The lowest BCUT2D eigenvalue weighted by atomic mass is 9.93. The van der Waals surface area contributed by atoms with Gasteiger partial charge in [0.2, 0.25) is 0 Å². The number of rotatable bonds is 15. The van der Waals surface area contributed by atoms with Crippen LogP contribution in [0.4, 0.5) is 34.1 Å². The number of non-ortho nitro benzene ring substituents is 2. The van der Waals surface area contributed by atoms with Crippen LogP contribution in [0.2, 0.25) is 0 Å². The van der Waals surface area contributed by atoms with E-state index in [0.29, 0.717) is 0 Å². The Labute approximate surface area is 355 Å². The number of nitro groups is 4. The Morgan fingerprint density at radius 3 is 1.52 bits per heavy atom. The molecule has 63 heavy (non-hydrogen) atoms. The molecular weight excluding hydrogens is 850 g/mol. The van der Waals surface area contributed by atoms with Gasteiger partial charge in [0.05, 0.1) is 68.8 Å². The van der Waals surface area contributed by atoms with E-state index in [0.717, 1.165) is 36.4 Å². The van der Waals surface area contributed by atoms with Crippen LogP contribution in [0.1, 0.15) is 27.7 Å². The van der Waals surface area contributed by atoms with Crippen molar-refractivity contribution in [3.8, 4) is 0 Å². The molecule has 2 aromatic carbocycles. The molecule has 6 N–H and O–H groups in total. The molecule has 6 aliphatic heterocycles. The molecule has 2 aromatic rings. The Kier molecular flexibility index (Phi) is 11.8. The predicted molar refractivity (Wildman–Crippen MR) is 206 cm³/mol. The number of nitrogens with zero attached hydrogens (tertiary/aromatic N) is 5. The fraction of sp³-hybridized carbons (Fsp3) is 0.667. The highest BCUT2D eigenvalue weighted by atomic mass is 16.8. The summed E-state index contributed by atoms with van der Waals surface area (Å²) in [5.74, 6) is -2.42. The van der Waals surface area contributed by atoms with E-state index in [9.17, 15) is 60.9 Å². The van der Waals surface area contributed by atoms with Crippen LogP contribution in [0.5, 0.6) is 0 Å². The lowest BCUT2D eigenvalue weighted by Gasteiger charge is -2.45. The summed E-state index contributed by atoms with van der Waals surface area (Å²) in [6, 6.07) is 2.32. The van der Waals surface area contributed by atoms with E-state index in [1.807, 2.05) is 0 Å². The van der Waals surface area contributed by atoms with Crippen molar-refractivity contribution in [1.29, 1.82) is 0 Å². The van der Waals surface area contributed by atoms with Gasteiger partial charge < -0.3 is 69.0 Å². The first kappa shape index (κ1) is 44.7. The molecule has 0 saturated carbocycles. The summed E-state index contributed by atoms with van der Waals surface area (Å²) in [6.07, 6.45) is -15.4. The van der Waals surface area contributed by atoms with Crippen molar-refractivity contribution < 1.29 is 78.0 Å². The van der Waals surface area contributed by atoms with Crippen LogP contribution in [0.25, 0.3) is 0 Å². The molecule has 0 amide bonds. The van der Waals surface area contributed by atoms with Gasteiger partial charge in [0.25, 0.3) is 22.7 Å². The summed E-state index contributed by atoms with van der Waals surface area (Å²) in [5, 5.41) is 100. The Bertz CT molecular complexity index is 1990. The topological polar surface area (TPSA) is 355 Å². The number of ether oxygens (including phenoxy) is 8. The van der Waals surface area contributed by atoms with Gasteiger partial charge in [-0.05, 0) is 39.8 Å². The molecule has 27 heteroatoms. The molecule has 0 unspecified atom stereocenters. The SMILES string of the molecule is CC1(C)O[C@H]2O[C@H]([C@H](O)CN(C[C@@H](O)[C@H]3O[C@@H]4OC(C)(C)O[C@@H]4[C@H]3Nc3ccc([N+](=O)[O-])cc3[N+](=O)[O-])[C@H]3[C@H](O)[C@@H]4OC[C@@H](O4)[C@H]3O)[C@H](Nc3ccc([N+](=O)[O-])cc3[N+](=O)[O-])[C@H]2O1. The molecule has 6 aliphatic rings. The monoisotopic (exact) mass is 895 g/mol. The van der Waals surface area contributed by atoms with Crippen molar-refractivity contribution in [2.45, 2.75) is 131 Å². The standard InChI is InChI=1S/C36H45N7O20/c1-35(2)60-30-23(37-16-7-5-14(40(48)49)9-18(16)42(52)53)28(58-33(30)62-35)20(44)11-39(25-26(46)22-13-56-32(57-22)27(25)47)12-21(45)29-24(31-34(59-29)63-36(3,4)61-31)38-17-8-6-15(41(50)51)10-19(17)43(54)55/h5-10,20-34,37-38,44-47H,11-13H2,1-4H3/t20-,21-,22-,23+,24+,25-,26-,27+,28-,29-,30-,31-,32-,33-,34-/m1/s1. The lowest BCUT2D eigenvalue weighted by Crippen LogP contribution is -2.65. The summed E-state index contributed by atoms with van der Waals surface area (Å²) in [6.45, 7) is 5.27. The summed E-state index contributed by atoms with van der Waals surface area (Å²) < 4.78 is 47.5. The fourth-order valence-electron chi connectivity index (χ4n) is 9.05. The molecule has 0 radical (unpaired) electrons. The van der Waals surface area contributed by atoms with E-state index in [-0.39, 0.29) is 18.0 Å². The van der Waals surface area contributed by atoms with Crippen LogP contribution in [-0.4, -0.2) is 168 Å². The van der Waals surface area contributed by atoms with Gasteiger partial charge in [-0.25, -0.2) is 0 Å². The highest BCUT2D eigenvalue weighted by molar-refractivity contribution is 5.67. The number of nitro benzene ring substituents is 4. The van der Waals surface area contributed by atoms with Crippen LogP contribution in [0.15, 0.2) is 36.4 Å². The van der Waals surface area contributed by atoms with Crippen molar-refractivity contribution in [2.75, 3.05) is 30.3 Å². The zero-order valence-electron chi connectivity index (χ0n) is 33.8. The van der Waals surface area contributed by atoms with Gasteiger partial charge in [-0.3, -0.25) is 45.4 Å². The van der Waals surface area contributed by atoms with Crippen molar-refractivity contribution >= 4 is 34.1 Å². The van der Waals surface area contributed by atoms with Crippen molar-refractivity contribution in [2.24, 2.45) is 0 Å². The molecule has 27 nitrogen and oxygen atoms in total. The molecule has 6 heterocycles. The maximum Gasteiger partial charge on any atom is 0.299 e. The van der Waals surface area contributed by atoms with Crippen LogP contribution in [0.3, 0.4) is 0 Å². The molecule has 344 valence electrons. The minimum Gasteiger partial charge on any atom is -0.389 e. The third kappa shape index (κ3) is 8.59. The fourth-order valence-corrected chi connectivity index (χ4v) is 9.05. The summed E-state index contributed by atoms with van der Waals surface area (Å²) in [7, 11) is 0. The first-order chi connectivity index (χ1) is 29.6. The van der Waals surface area contributed by atoms with E-state index in [4.69, 9.17) is 37.9 Å². The molecule has 0 spiro atoms. The zero-order chi connectivity index (χ0) is 45.4. The quantitative estimate of drug-likeness (QED) is 0.103. The number of aliphatic hydroxyl groups excluding tert-OH is 4. The van der Waals surface area contributed by atoms with E-state index in [1.165, 1.54) is 4.90 Å². The van der Waals surface area contributed by atoms with Gasteiger partial charge >= 0.3 is 0 Å². The highest BCUT2D eigenvalue weighted by Gasteiger charge is 2.60.